The van der Waals surface area contributed by atoms with Gasteiger partial charge in [-0.25, -0.2) is 4.98 Å². The van der Waals surface area contributed by atoms with Crippen LogP contribution in [0.1, 0.15) is 29.6 Å². The largest absolute Gasteiger partial charge is 0.334 e. The molecule has 7 nitrogen and oxygen atoms in total. The molecule has 8 heteroatoms. The Hall–Kier alpha value is -1.73. The SMILES string of the molecule is CNCC1CCCCN1C(=O)c1cc([N+](=O)[O-])cnc1Cl. The van der Waals surface area contributed by atoms with Gasteiger partial charge in [-0.1, -0.05) is 11.6 Å². The number of nitrogens with zero attached hydrogens (tertiary/aromatic N) is 3. The van der Waals surface area contributed by atoms with E-state index < -0.39 is 4.92 Å². The summed E-state index contributed by atoms with van der Waals surface area (Å²) in [4.78, 5) is 28.3. The van der Waals surface area contributed by atoms with Gasteiger partial charge in [0.2, 0.25) is 0 Å². The van der Waals surface area contributed by atoms with Crippen LogP contribution in [-0.4, -0.2) is 46.9 Å². The Labute approximate surface area is 127 Å². The Balaban J connectivity index is 2.29. The van der Waals surface area contributed by atoms with Crippen LogP contribution in [0.25, 0.3) is 0 Å². The van der Waals surface area contributed by atoms with Gasteiger partial charge in [0, 0.05) is 25.2 Å². The van der Waals surface area contributed by atoms with Crippen LogP contribution in [-0.2, 0) is 0 Å². The van der Waals surface area contributed by atoms with E-state index in [4.69, 9.17) is 11.6 Å². The minimum Gasteiger partial charge on any atom is -0.334 e. The zero-order valence-electron chi connectivity index (χ0n) is 11.7. The molecule has 1 aromatic heterocycles. The summed E-state index contributed by atoms with van der Waals surface area (Å²) in [7, 11) is 1.83. The number of nitro groups is 1. The standard InChI is InChI=1S/C13H17ClN4O3/c1-15-7-9-4-2-3-5-17(9)13(19)11-6-10(18(20)21)8-16-12(11)14/h6,8-9,15H,2-5,7H2,1H3. The molecular weight excluding hydrogens is 296 g/mol. The maximum absolute atomic E-state index is 12.6. The van der Waals surface area contributed by atoms with E-state index in [1.807, 2.05) is 7.05 Å². The lowest BCUT2D eigenvalue weighted by Crippen LogP contribution is -2.48. The Kier molecular flexibility index (Phi) is 5.08. The van der Waals surface area contributed by atoms with Gasteiger partial charge in [0.25, 0.3) is 11.6 Å². The van der Waals surface area contributed by atoms with Gasteiger partial charge in [-0.3, -0.25) is 14.9 Å². The highest BCUT2D eigenvalue weighted by Gasteiger charge is 2.29. The average molecular weight is 313 g/mol. The van der Waals surface area contributed by atoms with Crippen molar-refractivity contribution in [1.82, 2.24) is 15.2 Å². The molecule has 1 saturated heterocycles. The molecule has 1 aliphatic rings. The van der Waals surface area contributed by atoms with Crippen LogP contribution in [0, 0.1) is 10.1 Å². The van der Waals surface area contributed by atoms with Crippen molar-refractivity contribution in [3.05, 3.63) is 33.1 Å². The Bertz CT molecular complexity index is 550. The van der Waals surface area contributed by atoms with Gasteiger partial charge in [-0.15, -0.1) is 0 Å². The van der Waals surface area contributed by atoms with E-state index in [1.165, 1.54) is 6.07 Å². The molecule has 21 heavy (non-hydrogen) atoms. The molecule has 1 unspecified atom stereocenters. The van der Waals surface area contributed by atoms with Gasteiger partial charge in [-0.2, -0.15) is 0 Å². The van der Waals surface area contributed by atoms with Crippen molar-refractivity contribution < 1.29 is 9.72 Å². The average Bonchev–Trinajstić information content (AvgIpc) is 2.47. The number of hydrogen-bond acceptors (Lipinski definition) is 5. The molecule has 0 radical (unpaired) electrons. The summed E-state index contributed by atoms with van der Waals surface area (Å²) in [5, 5.41) is 13.9. The number of pyridine rings is 1. The minimum absolute atomic E-state index is 0.000573. The van der Waals surface area contributed by atoms with E-state index >= 15 is 0 Å². The maximum atomic E-state index is 12.6. The highest BCUT2D eigenvalue weighted by atomic mass is 35.5. The first-order valence-corrected chi connectivity index (χ1v) is 7.18. The lowest BCUT2D eigenvalue weighted by Gasteiger charge is -2.35. The molecule has 1 aliphatic heterocycles. The van der Waals surface area contributed by atoms with Crippen molar-refractivity contribution in [3.63, 3.8) is 0 Å². The van der Waals surface area contributed by atoms with Gasteiger partial charge in [0.15, 0.2) is 0 Å². The smallest absolute Gasteiger partial charge is 0.288 e. The number of carbonyl (C=O) groups is 1. The van der Waals surface area contributed by atoms with Gasteiger partial charge >= 0.3 is 0 Å². The van der Waals surface area contributed by atoms with Crippen molar-refractivity contribution in [2.45, 2.75) is 25.3 Å². The van der Waals surface area contributed by atoms with Crippen molar-refractivity contribution in [3.8, 4) is 0 Å². The molecule has 0 spiro atoms. The molecule has 0 bridgehead atoms. The molecule has 1 aromatic rings. The van der Waals surface area contributed by atoms with Crippen LogP contribution in [0.3, 0.4) is 0 Å². The van der Waals surface area contributed by atoms with Crippen molar-refractivity contribution in [1.29, 1.82) is 0 Å². The minimum atomic E-state index is -0.582. The van der Waals surface area contributed by atoms with Crippen molar-refractivity contribution in [2.75, 3.05) is 20.1 Å². The monoisotopic (exact) mass is 312 g/mol. The first-order valence-electron chi connectivity index (χ1n) is 6.80. The zero-order valence-corrected chi connectivity index (χ0v) is 12.5. The molecule has 1 N–H and O–H groups in total. The lowest BCUT2D eigenvalue weighted by atomic mass is 10.0. The number of likely N-dealkylation sites (tertiary alicyclic amines) is 1. The second-order valence-electron chi connectivity index (χ2n) is 4.99. The number of carbonyl (C=O) groups excluding carboxylic acids is 1. The quantitative estimate of drug-likeness (QED) is 0.521. The number of amides is 1. The van der Waals surface area contributed by atoms with E-state index in [-0.39, 0.29) is 28.4 Å². The summed E-state index contributed by atoms with van der Waals surface area (Å²) in [6.45, 7) is 1.32. The van der Waals surface area contributed by atoms with Gasteiger partial charge in [-0.05, 0) is 26.3 Å². The summed E-state index contributed by atoms with van der Waals surface area (Å²) in [6, 6.07) is 1.27. The maximum Gasteiger partial charge on any atom is 0.288 e. The van der Waals surface area contributed by atoms with E-state index in [9.17, 15) is 14.9 Å². The van der Waals surface area contributed by atoms with Crippen LogP contribution in [0.4, 0.5) is 5.69 Å². The summed E-state index contributed by atoms with van der Waals surface area (Å²) in [6.07, 6.45) is 3.95. The predicted octanol–water partition coefficient (Wildman–Crippen LogP) is 1.86. The van der Waals surface area contributed by atoms with Gasteiger partial charge in [0.1, 0.15) is 11.3 Å². The third kappa shape index (κ3) is 3.48. The summed E-state index contributed by atoms with van der Waals surface area (Å²) >= 11 is 5.94. The molecule has 2 heterocycles. The van der Waals surface area contributed by atoms with E-state index in [1.54, 1.807) is 4.90 Å². The fourth-order valence-corrected chi connectivity index (χ4v) is 2.74. The van der Waals surface area contributed by atoms with Crippen LogP contribution in [0.2, 0.25) is 5.15 Å². The summed E-state index contributed by atoms with van der Waals surface area (Å²) < 4.78 is 0. The summed E-state index contributed by atoms with van der Waals surface area (Å²) in [5.41, 5.74) is -0.140. The first-order chi connectivity index (χ1) is 10.0. The number of aromatic nitrogens is 1. The van der Waals surface area contributed by atoms with E-state index in [0.29, 0.717) is 13.1 Å². The van der Waals surface area contributed by atoms with E-state index in [0.717, 1.165) is 25.5 Å². The molecular formula is C13H17ClN4O3. The molecule has 0 saturated carbocycles. The molecule has 1 amide bonds. The first kappa shape index (κ1) is 15.7. The third-order valence-electron chi connectivity index (χ3n) is 3.59. The third-order valence-corrected chi connectivity index (χ3v) is 3.89. The zero-order chi connectivity index (χ0) is 15.4. The molecule has 2 rings (SSSR count). The Morgan fingerprint density at radius 3 is 3.05 bits per heavy atom. The van der Waals surface area contributed by atoms with Crippen LogP contribution >= 0.6 is 11.6 Å². The topological polar surface area (TPSA) is 88.4 Å². The summed E-state index contributed by atoms with van der Waals surface area (Å²) in [5.74, 6) is -0.295. The number of hydrogen-bond donors (Lipinski definition) is 1. The number of likely N-dealkylation sites (N-methyl/N-ethyl adjacent to an activating group) is 1. The van der Waals surface area contributed by atoms with Gasteiger partial charge < -0.3 is 10.2 Å². The highest BCUT2D eigenvalue weighted by Crippen LogP contribution is 2.24. The molecule has 114 valence electrons. The molecule has 1 atom stereocenters. The highest BCUT2D eigenvalue weighted by molar-refractivity contribution is 6.32. The second-order valence-corrected chi connectivity index (χ2v) is 5.35. The Morgan fingerprint density at radius 1 is 1.62 bits per heavy atom. The lowest BCUT2D eigenvalue weighted by molar-refractivity contribution is -0.385. The number of halogens is 1. The molecule has 0 aromatic carbocycles. The van der Waals surface area contributed by atoms with Crippen LogP contribution in [0.5, 0.6) is 0 Å². The number of piperidine rings is 1. The normalized spacial score (nSPS) is 18.6. The van der Waals surface area contributed by atoms with Crippen molar-refractivity contribution >= 4 is 23.2 Å². The fraction of sp³-hybridized carbons (Fsp3) is 0.538. The van der Waals surface area contributed by atoms with Crippen LogP contribution < -0.4 is 5.32 Å². The Morgan fingerprint density at radius 2 is 2.38 bits per heavy atom. The molecule has 0 aliphatic carbocycles. The van der Waals surface area contributed by atoms with Gasteiger partial charge in [0.05, 0.1) is 10.5 Å². The van der Waals surface area contributed by atoms with E-state index in [2.05, 4.69) is 10.3 Å². The second kappa shape index (κ2) is 6.82. The number of rotatable bonds is 4. The number of nitrogens with one attached hydrogen (secondary N) is 1. The fourth-order valence-electron chi connectivity index (χ4n) is 2.56. The van der Waals surface area contributed by atoms with Crippen molar-refractivity contribution in [2.24, 2.45) is 0 Å². The van der Waals surface area contributed by atoms with Crippen LogP contribution in [0.15, 0.2) is 12.3 Å². The predicted molar refractivity (Wildman–Crippen MR) is 78.5 cm³/mol. The molecule has 1 fully saturated rings.